The zero-order valence-corrected chi connectivity index (χ0v) is 14.9. The Balaban J connectivity index is 1.25. The van der Waals surface area contributed by atoms with Crippen LogP contribution in [-0.4, -0.2) is 40.5 Å². The molecule has 3 aliphatic heterocycles. The van der Waals surface area contributed by atoms with Gasteiger partial charge >= 0.3 is 0 Å². The van der Waals surface area contributed by atoms with Gasteiger partial charge in [-0.1, -0.05) is 18.2 Å². The fraction of sp³-hybridized carbons (Fsp3) is 0.409. The molecule has 4 aliphatic rings. The van der Waals surface area contributed by atoms with Gasteiger partial charge in [0.15, 0.2) is 0 Å². The van der Waals surface area contributed by atoms with Gasteiger partial charge in [-0.3, -0.25) is 4.98 Å². The quantitative estimate of drug-likeness (QED) is 0.755. The second-order valence-corrected chi connectivity index (χ2v) is 8.43. The van der Waals surface area contributed by atoms with E-state index >= 15 is 0 Å². The molecule has 4 nitrogen and oxygen atoms in total. The van der Waals surface area contributed by atoms with Crippen LogP contribution in [0.25, 0.3) is 22.2 Å². The molecular formula is C22H24N4. The summed E-state index contributed by atoms with van der Waals surface area (Å²) in [5.74, 6) is 2.58. The van der Waals surface area contributed by atoms with Gasteiger partial charge in [-0.15, -0.1) is 0 Å². The van der Waals surface area contributed by atoms with Gasteiger partial charge in [0.05, 0.1) is 17.6 Å². The van der Waals surface area contributed by atoms with Crippen molar-refractivity contribution in [1.82, 2.24) is 14.9 Å². The van der Waals surface area contributed by atoms with Gasteiger partial charge in [-0.25, -0.2) is 0 Å². The highest BCUT2D eigenvalue weighted by atomic mass is 15.2. The molecule has 5 heterocycles. The highest BCUT2D eigenvalue weighted by Crippen LogP contribution is 2.44. The van der Waals surface area contributed by atoms with Gasteiger partial charge in [0.1, 0.15) is 0 Å². The minimum absolute atomic E-state index is 0.628. The van der Waals surface area contributed by atoms with Gasteiger partial charge in [0.25, 0.3) is 0 Å². The predicted octanol–water partition coefficient (Wildman–Crippen LogP) is 3.98. The Morgan fingerprint density at radius 1 is 1.00 bits per heavy atom. The third kappa shape index (κ3) is 2.28. The number of nitrogens with zero attached hydrogens (tertiary/aromatic N) is 2. The summed E-state index contributed by atoms with van der Waals surface area (Å²) >= 11 is 0. The Morgan fingerprint density at radius 2 is 1.85 bits per heavy atom. The molecule has 26 heavy (non-hydrogen) atoms. The van der Waals surface area contributed by atoms with Crippen LogP contribution in [0.4, 0.5) is 5.69 Å². The molecule has 4 fully saturated rings. The highest BCUT2D eigenvalue weighted by Gasteiger charge is 2.47. The number of rotatable bonds is 3. The van der Waals surface area contributed by atoms with Crippen molar-refractivity contribution in [2.45, 2.75) is 18.9 Å². The molecule has 0 unspecified atom stereocenters. The number of aromatic nitrogens is 2. The van der Waals surface area contributed by atoms with Crippen molar-refractivity contribution in [3.63, 3.8) is 0 Å². The van der Waals surface area contributed by atoms with E-state index in [1.54, 1.807) is 0 Å². The fourth-order valence-corrected chi connectivity index (χ4v) is 5.76. The first kappa shape index (κ1) is 14.8. The third-order valence-corrected chi connectivity index (χ3v) is 6.75. The van der Waals surface area contributed by atoms with Crippen molar-refractivity contribution in [2.75, 3.05) is 25.0 Å². The lowest BCUT2D eigenvalue weighted by molar-refractivity contribution is -0.0269. The molecule has 0 radical (unpaired) electrons. The van der Waals surface area contributed by atoms with Gasteiger partial charge in [-0.2, -0.15) is 0 Å². The summed E-state index contributed by atoms with van der Waals surface area (Å²) in [6.45, 7) is 3.91. The van der Waals surface area contributed by atoms with E-state index in [0.717, 1.165) is 29.0 Å². The minimum Gasteiger partial charge on any atom is -0.380 e. The van der Waals surface area contributed by atoms with Crippen molar-refractivity contribution in [3.05, 3.63) is 48.8 Å². The number of nitrogens with one attached hydrogen (secondary N) is 2. The van der Waals surface area contributed by atoms with Crippen LogP contribution >= 0.6 is 0 Å². The molecule has 0 spiro atoms. The smallest absolute Gasteiger partial charge is 0.0725 e. The van der Waals surface area contributed by atoms with Crippen LogP contribution in [0.15, 0.2) is 48.8 Å². The van der Waals surface area contributed by atoms with Crippen molar-refractivity contribution in [2.24, 2.45) is 17.8 Å². The molecule has 132 valence electrons. The number of hydrogen-bond acceptors (Lipinski definition) is 3. The van der Waals surface area contributed by atoms with Gasteiger partial charge < -0.3 is 15.2 Å². The Kier molecular flexibility index (Phi) is 3.18. The molecule has 1 aliphatic carbocycles. The molecule has 2 atom stereocenters. The molecule has 1 saturated carbocycles. The van der Waals surface area contributed by atoms with Crippen molar-refractivity contribution < 1.29 is 0 Å². The normalized spacial score (nSPS) is 32.2. The lowest BCUT2D eigenvalue weighted by Gasteiger charge is -2.56. The number of H-pyrrole nitrogens is 1. The topological polar surface area (TPSA) is 44.0 Å². The van der Waals surface area contributed by atoms with Gasteiger partial charge in [0.2, 0.25) is 0 Å². The van der Waals surface area contributed by atoms with E-state index in [1.165, 1.54) is 49.1 Å². The standard InChI is InChI=1S/C22H24N4/c1-2-4-20-18(3-1)19(10-24-20)21-6-5-17(9-23-21)25-22-15-7-14-8-16(22)13-26(11-14)12-15/h1-6,9-10,14-16,22,24-25H,7-8,11-13H2/t14?,15-,16-,22?/m0/s1. The number of benzene rings is 1. The molecule has 3 saturated heterocycles. The van der Waals surface area contributed by atoms with Crippen LogP contribution in [-0.2, 0) is 0 Å². The lowest BCUT2D eigenvalue weighted by Crippen LogP contribution is -2.62. The van der Waals surface area contributed by atoms with E-state index in [0.29, 0.717) is 6.04 Å². The molecule has 7 rings (SSSR count). The monoisotopic (exact) mass is 344 g/mol. The number of anilines is 1. The molecule has 1 aromatic carbocycles. The maximum atomic E-state index is 4.76. The van der Waals surface area contributed by atoms with Crippen LogP contribution in [0, 0.1) is 17.8 Å². The van der Waals surface area contributed by atoms with Gasteiger partial charge in [-0.05, 0) is 48.8 Å². The maximum absolute atomic E-state index is 4.76. The lowest BCUT2D eigenvalue weighted by atomic mass is 9.65. The maximum Gasteiger partial charge on any atom is 0.0725 e. The predicted molar refractivity (Wildman–Crippen MR) is 105 cm³/mol. The summed E-state index contributed by atoms with van der Waals surface area (Å²) in [6.07, 6.45) is 6.89. The van der Waals surface area contributed by atoms with E-state index in [-0.39, 0.29) is 0 Å². The molecule has 0 amide bonds. The Bertz CT molecular complexity index is 914. The number of aromatic amines is 1. The Morgan fingerprint density at radius 3 is 2.62 bits per heavy atom. The summed E-state index contributed by atoms with van der Waals surface area (Å²) in [7, 11) is 0. The highest BCUT2D eigenvalue weighted by molar-refractivity contribution is 5.94. The Labute approximate surface area is 153 Å². The van der Waals surface area contributed by atoms with Crippen LogP contribution < -0.4 is 5.32 Å². The second-order valence-electron chi connectivity index (χ2n) is 8.43. The van der Waals surface area contributed by atoms with E-state index in [2.05, 4.69) is 57.8 Å². The molecule has 4 bridgehead atoms. The number of pyridine rings is 1. The first-order valence-electron chi connectivity index (χ1n) is 9.85. The van der Waals surface area contributed by atoms with Crippen molar-refractivity contribution >= 4 is 16.6 Å². The van der Waals surface area contributed by atoms with Crippen LogP contribution in [0.5, 0.6) is 0 Å². The third-order valence-electron chi connectivity index (χ3n) is 6.75. The number of hydrogen-bond donors (Lipinski definition) is 2. The van der Waals surface area contributed by atoms with Crippen LogP contribution in [0.2, 0.25) is 0 Å². The van der Waals surface area contributed by atoms with E-state index in [1.807, 2.05) is 6.20 Å². The Hall–Kier alpha value is -2.33. The molecule has 4 heteroatoms. The summed E-state index contributed by atoms with van der Waals surface area (Å²) in [6, 6.07) is 13.4. The molecule has 2 aromatic heterocycles. The fourth-order valence-electron chi connectivity index (χ4n) is 5.76. The zero-order valence-electron chi connectivity index (χ0n) is 14.9. The summed E-state index contributed by atoms with van der Waals surface area (Å²) in [4.78, 5) is 10.8. The summed E-state index contributed by atoms with van der Waals surface area (Å²) in [5.41, 5.74) is 4.54. The van der Waals surface area contributed by atoms with E-state index in [9.17, 15) is 0 Å². The van der Waals surface area contributed by atoms with E-state index in [4.69, 9.17) is 4.98 Å². The van der Waals surface area contributed by atoms with Crippen molar-refractivity contribution in [3.8, 4) is 11.3 Å². The molecule has 2 N–H and O–H groups in total. The first-order chi connectivity index (χ1) is 12.8. The van der Waals surface area contributed by atoms with E-state index < -0.39 is 0 Å². The number of para-hydroxylation sites is 1. The second kappa shape index (κ2) is 5.58. The van der Waals surface area contributed by atoms with Crippen molar-refractivity contribution in [1.29, 1.82) is 0 Å². The summed E-state index contributed by atoms with van der Waals surface area (Å²) < 4.78 is 0. The van der Waals surface area contributed by atoms with Gasteiger partial charge in [0, 0.05) is 48.3 Å². The number of piperidine rings is 3. The van der Waals surface area contributed by atoms with Crippen LogP contribution in [0.3, 0.4) is 0 Å². The SMILES string of the molecule is c1ccc2c(-c3ccc(NC4[C@H]5CC6C[C@H]4CN(C6)C5)cn3)c[nH]c2c1. The zero-order chi connectivity index (χ0) is 17.1. The minimum atomic E-state index is 0.628. The molecule has 3 aromatic rings. The molecular weight excluding hydrogens is 320 g/mol. The largest absolute Gasteiger partial charge is 0.380 e. The first-order valence-corrected chi connectivity index (χ1v) is 9.85. The average Bonchev–Trinajstić information content (AvgIpc) is 3.09. The van der Waals surface area contributed by atoms with Crippen LogP contribution in [0.1, 0.15) is 12.8 Å². The average molecular weight is 344 g/mol. The summed E-state index contributed by atoms with van der Waals surface area (Å²) in [5, 5.41) is 5.07. The number of fused-ring (bicyclic) bond motifs is 1.